The number of nitrogens with one attached hydrogen (secondary N) is 1. The molecule has 0 radical (unpaired) electrons. The number of para-hydroxylation sites is 1. The molecule has 1 saturated heterocycles. The molecule has 1 aliphatic rings. The Kier molecular flexibility index (Phi) is 7.36. The van der Waals surface area contributed by atoms with Gasteiger partial charge in [-0.1, -0.05) is 12.1 Å². The predicted molar refractivity (Wildman–Crippen MR) is 91.0 cm³/mol. The van der Waals surface area contributed by atoms with Crippen LogP contribution in [0.15, 0.2) is 24.3 Å². The average molecular weight is 320 g/mol. The number of carbonyl (C=O) groups excluding carboxylic acids is 1. The minimum absolute atomic E-state index is 0.0742. The highest BCUT2D eigenvalue weighted by atomic mass is 16.5. The minimum Gasteiger partial charge on any atom is -0.490 e. The minimum atomic E-state index is 0.0742. The Labute approximate surface area is 139 Å². The van der Waals surface area contributed by atoms with Crippen LogP contribution in [0, 0.1) is 5.92 Å². The Balaban J connectivity index is 1.93. The van der Waals surface area contributed by atoms with Crippen molar-refractivity contribution in [3.05, 3.63) is 29.8 Å². The van der Waals surface area contributed by atoms with Crippen molar-refractivity contribution in [3.8, 4) is 5.75 Å². The maximum atomic E-state index is 12.8. The first-order chi connectivity index (χ1) is 11.3. The molecule has 5 nitrogen and oxygen atoms in total. The highest BCUT2D eigenvalue weighted by molar-refractivity contribution is 5.97. The first-order valence-electron chi connectivity index (χ1n) is 8.41. The van der Waals surface area contributed by atoms with Crippen LogP contribution in [0.4, 0.5) is 0 Å². The zero-order valence-corrected chi connectivity index (χ0v) is 14.2. The van der Waals surface area contributed by atoms with Gasteiger partial charge in [0.25, 0.3) is 5.91 Å². The second-order valence-electron chi connectivity index (χ2n) is 5.97. The number of carbonyl (C=O) groups is 1. The summed E-state index contributed by atoms with van der Waals surface area (Å²) in [5, 5.41) is 3.20. The van der Waals surface area contributed by atoms with Gasteiger partial charge in [0.15, 0.2) is 0 Å². The summed E-state index contributed by atoms with van der Waals surface area (Å²) in [5.41, 5.74) is 0.650. The lowest BCUT2D eigenvalue weighted by Gasteiger charge is -2.32. The van der Waals surface area contributed by atoms with E-state index in [0.29, 0.717) is 24.5 Å². The van der Waals surface area contributed by atoms with Gasteiger partial charge in [0, 0.05) is 20.2 Å². The predicted octanol–water partition coefficient (Wildman–Crippen LogP) is 2.17. The van der Waals surface area contributed by atoms with E-state index in [9.17, 15) is 4.79 Å². The summed E-state index contributed by atoms with van der Waals surface area (Å²) in [7, 11) is 3.62. The van der Waals surface area contributed by atoms with Crippen molar-refractivity contribution in [2.75, 3.05) is 47.0 Å². The van der Waals surface area contributed by atoms with Crippen LogP contribution in [0.25, 0.3) is 0 Å². The van der Waals surface area contributed by atoms with Crippen LogP contribution >= 0.6 is 0 Å². The third kappa shape index (κ3) is 5.22. The molecule has 1 N–H and O–H groups in total. The molecule has 5 heteroatoms. The molecule has 0 spiro atoms. The quantitative estimate of drug-likeness (QED) is 0.746. The Hall–Kier alpha value is -1.59. The monoisotopic (exact) mass is 320 g/mol. The molecule has 0 aliphatic carbocycles. The number of piperidine rings is 1. The van der Waals surface area contributed by atoms with Crippen molar-refractivity contribution in [2.45, 2.75) is 19.3 Å². The maximum absolute atomic E-state index is 12.8. The molecule has 1 amide bonds. The molecule has 0 atom stereocenters. The molecule has 1 aliphatic heterocycles. The lowest BCUT2D eigenvalue weighted by Crippen LogP contribution is -2.39. The fourth-order valence-electron chi connectivity index (χ4n) is 2.95. The molecule has 0 unspecified atom stereocenters. The molecule has 128 valence electrons. The van der Waals surface area contributed by atoms with E-state index >= 15 is 0 Å². The summed E-state index contributed by atoms with van der Waals surface area (Å²) in [6, 6.07) is 7.47. The SMILES string of the molecule is CNCCC1CCN(C(=O)c2ccccc2OCCOC)CC1. The van der Waals surface area contributed by atoms with Crippen LogP contribution in [0.1, 0.15) is 29.6 Å². The number of likely N-dealkylation sites (tertiary alicyclic amines) is 1. The molecule has 1 fully saturated rings. The summed E-state index contributed by atoms with van der Waals surface area (Å²) in [6.07, 6.45) is 3.36. The first kappa shape index (κ1) is 17.8. The number of nitrogens with zero attached hydrogens (tertiary/aromatic N) is 1. The van der Waals surface area contributed by atoms with Crippen LogP contribution in [0.5, 0.6) is 5.75 Å². The van der Waals surface area contributed by atoms with Crippen LogP contribution in [0.2, 0.25) is 0 Å². The van der Waals surface area contributed by atoms with Gasteiger partial charge < -0.3 is 19.7 Å². The van der Waals surface area contributed by atoms with Gasteiger partial charge in [-0.15, -0.1) is 0 Å². The number of benzene rings is 1. The van der Waals surface area contributed by atoms with E-state index in [1.54, 1.807) is 7.11 Å². The molecule has 23 heavy (non-hydrogen) atoms. The zero-order chi connectivity index (χ0) is 16.5. The fourth-order valence-corrected chi connectivity index (χ4v) is 2.95. The Bertz CT molecular complexity index is 485. The molecular weight excluding hydrogens is 292 g/mol. The molecule has 0 saturated carbocycles. The topological polar surface area (TPSA) is 50.8 Å². The molecule has 1 aromatic carbocycles. The smallest absolute Gasteiger partial charge is 0.257 e. The van der Waals surface area contributed by atoms with Gasteiger partial charge in [-0.05, 0) is 50.9 Å². The molecule has 0 bridgehead atoms. The lowest BCUT2D eigenvalue weighted by molar-refractivity contribution is 0.0680. The number of ether oxygens (including phenoxy) is 2. The molecule has 1 aromatic rings. The van der Waals surface area contributed by atoms with E-state index in [1.165, 1.54) is 6.42 Å². The number of hydrogen-bond acceptors (Lipinski definition) is 4. The summed E-state index contributed by atoms with van der Waals surface area (Å²) in [6.45, 7) is 3.68. The highest BCUT2D eigenvalue weighted by Gasteiger charge is 2.25. The average Bonchev–Trinajstić information content (AvgIpc) is 2.60. The fraction of sp³-hybridized carbons (Fsp3) is 0.611. The molecular formula is C18H28N2O3. The van der Waals surface area contributed by atoms with Gasteiger partial charge in [-0.2, -0.15) is 0 Å². The lowest BCUT2D eigenvalue weighted by atomic mass is 9.93. The van der Waals surface area contributed by atoms with E-state index in [2.05, 4.69) is 5.32 Å². The molecule has 1 heterocycles. The third-order valence-electron chi connectivity index (χ3n) is 4.37. The van der Waals surface area contributed by atoms with Crippen molar-refractivity contribution >= 4 is 5.91 Å². The normalized spacial score (nSPS) is 15.7. The van der Waals surface area contributed by atoms with Crippen molar-refractivity contribution in [2.24, 2.45) is 5.92 Å². The first-order valence-corrected chi connectivity index (χ1v) is 8.41. The Morgan fingerprint density at radius 1 is 1.26 bits per heavy atom. The van der Waals surface area contributed by atoms with Gasteiger partial charge in [-0.25, -0.2) is 0 Å². The highest BCUT2D eigenvalue weighted by Crippen LogP contribution is 2.25. The largest absolute Gasteiger partial charge is 0.490 e. The Morgan fingerprint density at radius 2 is 2.00 bits per heavy atom. The van der Waals surface area contributed by atoms with E-state index < -0.39 is 0 Å². The van der Waals surface area contributed by atoms with Gasteiger partial charge in [-0.3, -0.25) is 4.79 Å². The van der Waals surface area contributed by atoms with Crippen molar-refractivity contribution in [1.82, 2.24) is 10.2 Å². The Morgan fingerprint density at radius 3 is 2.70 bits per heavy atom. The van der Waals surface area contributed by atoms with Crippen LogP contribution in [-0.4, -0.2) is 57.8 Å². The summed E-state index contributed by atoms with van der Waals surface area (Å²) in [4.78, 5) is 14.7. The van der Waals surface area contributed by atoms with Gasteiger partial charge in [0.1, 0.15) is 12.4 Å². The van der Waals surface area contributed by atoms with Gasteiger partial charge >= 0.3 is 0 Å². The zero-order valence-electron chi connectivity index (χ0n) is 14.2. The second kappa shape index (κ2) is 9.53. The summed E-state index contributed by atoms with van der Waals surface area (Å²) in [5.74, 6) is 1.44. The maximum Gasteiger partial charge on any atom is 0.257 e. The van der Waals surface area contributed by atoms with Crippen LogP contribution in [-0.2, 0) is 4.74 Å². The summed E-state index contributed by atoms with van der Waals surface area (Å²) < 4.78 is 10.7. The van der Waals surface area contributed by atoms with Crippen LogP contribution < -0.4 is 10.1 Å². The number of rotatable bonds is 8. The van der Waals surface area contributed by atoms with Crippen molar-refractivity contribution in [3.63, 3.8) is 0 Å². The second-order valence-corrected chi connectivity index (χ2v) is 5.97. The number of amides is 1. The molecule has 0 aromatic heterocycles. The van der Waals surface area contributed by atoms with E-state index in [4.69, 9.17) is 9.47 Å². The standard InChI is InChI=1S/C18H28N2O3/c1-19-10-7-15-8-11-20(12-9-15)18(21)16-5-3-4-6-17(16)23-14-13-22-2/h3-6,15,19H,7-14H2,1-2H3. The number of methoxy groups -OCH3 is 1. The third-order valence-corrected chi connectivity index (χ3v) is 4.37. The van der Waals surface area contributed by atoms with Crippen LogP contribution in [0.3, 0.4) is 0 Å². The molecule has 2 rings (SSSR count). The van der Waals surface area contributed by atoms with Gasteiger partial charge in [0.05, 0.1) is 12.2 Å². The van der Waals surface area contributed by atoms with E-state index in [-0.39, 0.29) is 5.91 Å². The number of hydrogen-bond donors (Lipinski definition) is 1. The van der Waals surface area contributed by atoms with Crippen molar-refractivity contribution < 1.29 is 14.3 Å². The van der Waals surface area contributed by atoms with E-state index in [0.717, 1.165) is 38.4 Å². The van der Waals surface area contributed by atoms with Crippen molar-refractivity contribution in [1.29, 1.82) is 0 Å². The van der Waals surface area contributed by atoms with Gasteiger partial charge in [0.2, 0.25) is 0 Å². The van der Waals surface area contributed by atoms with E-state index in [1.807, 2.05) is 36.2 Å². The summed E-state index contributed by atoms with van der Waals surface area (Å²) >= 11 is 0.